The van der Waals surface area contributed by atoms with Crippen LogP contribution in [0.3, 0.4) is 0 Å². The largest absolute Gasteiger partial charge is 0.407 e. The van der Waals surface area contributed by atoms with Crippen molar-refractivity contribution in [3.8, 4) is 6.07 Å². The Balaban J connectivity index is 1.66. The maximum atomic E-state index is 14.0. The third-order valence-electron chi connectivity index (χ3n) is 6.13. The van der Waals surface area contributed by atoms with Crippen LogP contribution >= 0.6 is 0 Å². The van der Waals surface area contributed by atoms with Gasteiger partial charge < -0.3 is 0 Å². The molecular weight excluding hydrogens is 379 g/mol. The second kappa shape index (κ2) is 7.79. The second-order valence-electron chi connectivity index (χ2n) is 8.16. The molecule has 0 amide bonds. The van der Waals surface area contributed by atoms with Crippen molar-refractivity contribution in [1.29, 1.82) is 5.26 Å². The van der Waals surface area contributed by atoms with E-state index in [1.165, 1.54) is 16.8 Å². The summed E-state index contributed by atoms with van der Waals surface area (Å²) in [6.07, 6.45) is 3.44. The first-order valence-corrected chi connectivity index (χ1v) is 10.1. The molecule has 8 heteroatoms. The van der Waals surface area contributed by atoms with Gasteiger partial charge in [-0.15, -0.1) is 5.10 Å². The third kappa shape index (κ3) is 4.15. The zero-order valence-corrected chi connectivity index (χ0v) is 16.1. The van der Waals surface area contributed by atoms with Gasteiger partial charge in [-0.25, -0.2) is 4.68 Å². The molecule has 2 fully saturated rings. The molecule has 1 aromatic heterocycles. The van der Waals surface area contributed by atoms with Crippen LogP contribution < -0.4 is 5.32 Å². The molecule has 0 radical (unpaired) electrons. The van der Waals surface area contributed by atoms with Crippen molar-refractivity contribution in [2.24, 2.45) is 5.92 Å². The van der Waals surface area contributed by atoms with Crippen molar-refractivity contribution in [2.75, 3.05) is 0 Å². The predicted molar refractivity (Wildman–Crippen MR) is 101 cm³/mol. The van der Waals surface area contributed by atoms with Crippen LogP contribution in [0.15, 0.2) is 36.5 Å². The fourth-order valence-corrected chi connectivity index (χ4v) is 4.27. The number of nitriles is 1. The van der Waals surface area contributed by atoms with Crippen LogP contribution in [0.25, 0.3) is 0 Å². The predicted octanol–water partition coefficient (Wildman–Crippen LogP) is 4.81. The topological polar surface area (TPSA) is 66.5 Å². The van der Waals surface area contributed by atoms with Gasteiger partial charge in [0.15, 0.2) is 5.54 Å². The molecule has 0 aliphatic heterocycles. The van der Waals surface area contributed by atoms with Gasteiger partial charge in [0.2, 0.25) is 0 Å². The summed E-state index contributed by atoms with van der Waals surface area (Å²) in [5, 5.41) is 20.6. The Morgan fingerprint density at radius 2 is 1.83 bits per heavy atom. The second-order valence-corrected chi connectivity index (χ2v) is 8.16. The number of alkyl halides is 3. The minimum atomic E-state index is -4.44. The molecule has 2 aliphatic rings. The van der Waals surface area contributed by atoms with E-state index in [2.05, 4.69) is 21.7 Å². The van der Waals surface area contributed by atoms with Crippen molar-refractivity contribution in [1.82, 2.24) is 20.3 Å². The molecule has 4 rings (SSSR count). The molecule has 2 atom stereocenters. The molecule has 29 heavy (non-hydrogen) atoms. The van der Waals surface area contributed by atoms with Gasteiger partial charge >= 0.3 is 6.18 Å². The standard InChI is InChI=1S/C21H24F3N5/c22-21(23,24)19(16-9-5-2-6-10-16)26-18(15-7-3-1-4-8-15)17-13-29(28-27-17)20(14-25)11-12-20/h2,5-6,9-10,13,15,18-19,26H,1,3-4,7-8,11-12H2/t18?,19-/m0/s1. The number of halogens is 3. The highest BCUT2D eigenvalue weighted by atomic mass is 19.4. The number of nitrogens with zero attached hydrogens (tertiary/aromatic N) is 4. The average Bonchev–Trinajstić information content (AvgIpc) is 3.38. The lowest BCUT2D eigenvalue weighted by molar-refractivity contribution is -0.161. The van der Waals surface area contributed by atoms with Crippen LogP contribution in [0.5, 0.6) is 0 Å². The fraction of sp³-hybridized carbons (Fsp3) is 0.571. The highest BCUT2D eigenvalue weighted by Gasteiger charge is 2.48. The lowest BCUT2D eigenvalue weighted by Gasteiger charge is -2.34. The first-order valence-electron chi connectivity index (χ1n) is 10.1. The van der Waals surface area contributed by atoms with Crippen LogP contribution in [0.4, 0.5) is 13.2 Å². The summed E-state index contributed by atoms with van der Waals surface area (Å²) in [6, 6.07) is 7.83. The van der Waals surface area contributed by atoms with Crippen molar-refractivity contribution < 1.29 is 13.2 Å². The normalized spacial score (nSPS) is 21.3. The summed E-state index contributed by atoms with van der Waals surface area (Å²) >= 11 is 0. The zero-order valence-electron chi connectivity index (χ0n) is 16.1. The lowest BCUT2D eigenvalue weighted by atomic mass is 9.82. The van der Waals surface area contributed by atoms with Crippen molar-refractivity contribution >= 4 is 0 Å². The van der Waals surface area contributed by atoms with Gasteiger partial charge in [0.25, 0.3) is 0 Å². The van der Waals surface area contributed by atoms with Gasteiger partial charge in [-0.3, -0.25) is 5.32 Å². The van der Waals surface area contributed by atoms with Crippen LogP contribution in [0.2, 0.25) is 0 Å². The van der Waals surface area contributed by atoms with Gasteiger partial charge in [0.1, 0.15) is 6.04 Å². The van der Waals surface area contributed by atoms with E-state index in [0.717, 1.165) is 32.1 Å². The lowest BCUT2D eigenvalue weighted by Crippen LogP contribution is -2.40. The maximum Gasteiger partial charge on any atom is 0.407 e. The molecule has 0 saturated heterocycles. The molecule has 1 unspecified atom stereocenters. The SMILES string of the molecule is N#CC1(n2cc(C(N[C@@H](c3ccccc3)C(F)(F)F)C3CCCCC3)nn2)CC1. The van der Waals surface area contributed by atoms with E-state index in [1.807, 2.05) is 0 Å². The number of nitrogens with one attached hydrogen (secondary N) is 1. The van der Waals surface area contributed by atoms with E-state index >= 15 is 0 Å². The number of aromatic nitrogens is 3. The molecule has 154 valence electrons. The highest BCUT2D eigenvalue weighted by molar-refractivity contribution is 5.22. The minimum Gasteiger partial charge on any atom is -0.294 e. The first kappa shape index (κ1) is 19.9. The van der Waals surface area contributed by atoms with Crippen LogP contribution in [0, 0.1) is 17.2 Å². The maximum absolute atomic E-state index is 14.0. The van der Waals surface area contributed by atoms with Crippen molar-refractivity contribution in [2.45, 2.75) is 68.7 Å². The van der Waals surface area contributed by atoms with E-state index in [4.69, 9.17) is 0 Å². The van der Waals surface area contributed by atoms with Gasteiger partial charge in [-0.2, -0.15) is 18.4 Å². The number of benzene rings is 1. The van der Waals surface area contributed by atoms with Gasteiger partial charge in [0, 0.05) is 0 Å². The highest BCUT2D eigenvalue weighted by Crippen LogP contribution is 2.44. The summed E-state index contributed by atoms with van der Waals surface area (Å²) in [7, 11) is 0. The average molecular weight is 403 g/mol. The summed E-state index contributed by atoms with van der Waals surface area (Å²) in [6.45, 7) is 0. The van der Waals surface area contributed by atoms with E-state index in [-0.39, 0.29) is 11.5 Å². The molecule has 0 bridgehead atoms. The molecule has 1 heterocycles. The monoisotopic (exact) mass is 403 g/mol. The minimum absolute atomic E-state index is 0.0553. The van der Waals surface area contributed by atoms with Gasteiger partial charge in [-0.05, 0) is 37.2 Å². The Morgan fingerprint density at radius 1 is 1.14 bits per heavy atom. The molecule has 2 saturated carbocycles. The Hall–Kier alpha value is -2.40. The quantitative estimate of drug-likeness (QED) is 0.752. The first-order chi connectivity index (χ1) is 13.9. The molecule has 1 aromatic carbocycles. The molecule has 5 nitrogen and oxygen atoms in total. The summed E-state index contributed by atoms with van der Waals surface area (Å²) in [4.78, 5) is 0. The van der Waals surface area contributed by atoms with Crippen LogP contribution in [0.1, 0.15) is 68.3 Å². The fourth-order valence-electron chi connectivity index (χ4n) is 4.27. The zero-order chi connectivity index (χ0) is 20.5. The molecule has 2 aromatic rings. The van der Waals surface area contributed by atoms with E-state index in [0.29, 0.717) is 18.5 Å². The summed E-state index contributed by atoms with van der Waals surface area (Å²) in [5.41, 5.74) is -0.00177. The van der Waals surface area contributed by atoms with E-state index in [9.17, 15) is 18.4 Å². The Kier molecular flexibility index (Phi) is 5.34. The van der Waals surface area contributed by atoms with E-state index in [1.54, 1.807) is 24.4 Å². The van der Waals surface area contributed by atoms with E-state index < -0.39 is 23.8 Å². The van der Waals surface area contributed by atoms with Crippen molar-refractivity contribution in [3.05, 3.63) is 47.8 Å². The molecule has 0 spiro atoms. The molecular formula is C21H24F3N5. The van der Waals surface area contributed by atoms with Gasteiger partial charge in [-0.1, -0.05) is 54.8 Å². The Labute approximate surface area is 167 Å². The van der Waals surface area contributed by atoms with Gasteiger partial charge in [0.05, 0.1) is 24.0 Å². The number of hydrogen-bond donors (Lipinski definition) is 1. The number of hydrogen-bond acceptors (Lipinski definition) is 4. The molecule has 1 N–H and O–H groups in total. The van der Waals surface area contributed by atoms with Crippen LogP contribution in [-0.4, -0.2) is 21.2 Å². The number of rotatable bonds is 6. The Morgan fingerprint density at radius 3 is 2.41 bits per heavy atom. The van der Waals surface area contributed by atoms with Crippen LogP contribution in [-0.2, 0) is 5.54 Å². The molecule has 2 aliphatic carbocycles. The third-order valence-corrected chi connectivity index (χ3v) is 6.13. The summed E-state index contributed by atoms with van der Waals surface area (Å²) in [5.74, 6) is 0.0553. The smallest absolute Gasteiger partial charge is 0.294 e. The van der Waals surface area contributed by atoms with Crippen molar-refractivity contribution in [3.63, 3.8) is 0 Å². The Bertz CT molecular complexity index is 860. The summed E-state index contributed by atoms with van der Waals surface area (Å²) < 4.78 is 43.4.